The van der Waals surface area contributed by atoms with Crippen LogP contribution in [-0.4, -0.2) is 0 Å². The summed E-state index contributed by atoms with van der Waals surface area (Å²) in [5.74, 6) is 0.728. The molecule has 22 heavy (non-hydrogen) atoms. The highest BCUT2D eigenvalue weighted by Crippen LogP contribution is 2.29. The Labute approximate surface area is 129 Å². The van der Waals surface area contributed by atoms with Crippen molar-refractivity contribution in [2.75, 3.05) is 0 Å². The Morgan fingerprint density at radius 1 is 0.636 bits per heavy atom. The summed E-state index contributed by atoms with van der Waals surface area (Å²) in [4.78, 5) is 0. The number of ether oxygens (including phenoxy) is 1. The van der Waals surface area contributed by atoms with Gasteiger partial charge in [-0.15, -0.1) is 5.11 Å². The summed E-state index contributed by atoms with van der Waals surface area (Å²) in [6.45, 7) is 0.513. The summed E-state index contributed by atoms with van der Waals surface area (Å²) in [6, 6.07) is 27.4. The maximum Gasteiger partial charge on any atom is 0.147 e. The van der Waals surface area contributed by atoms with Gasteiger partial charge in [-0.25, -0.2) is 0 Å². The van der Waals surface area contributed by atoms with Crippen molar-refractivity contribution in [1.29, 1.82) is 0 Å². The van der Waals surface area contributed by atoms with Crippen molar-refractivity contribution >= 4 is 11.4 Å². The molecule has 0 aliphatic heterocycles. The van der Waals surface area contributed by atoms with Crippen LogP contribution >= 0.6 is 0 Å². The van der Waals surface area contributed by atoms with E-state index in [4.69, 9.17) is 4.74 Å². The van der Waals surface area contributed by atoms with Gasteiger partial charge in [0.15, 0.2) is 0 Å². The third kappa shape index (κ3) is 3.79. The highest BCUT2D eigenvalue weighted by Gasteiger charge is 2.02. The first kappa shape index (κ1) is 14.0. The zero-order chi connectivity index (χ0) is 15.0. The molecule has 0 saturated carbocycles. The molecule has 0 unspecified atom stereocenters. The van der Waals surface area contributed by atoms with E-state index in [-0.39, 0.29) is 0 Å². The van der Waals surface area contributed by atoms with E-state index in [1.165, 1.54) is 0 Å². The number of azo groups is 1. The van der Waals surface area contributed by atoms with Gasteiger partial charge in [-0.3, -0.25) is 0 Å². The smallest absolute Gasteiger partial charge is 0.147 e. The van der Waals surface area contributed by atoms with E-state index >= 15 is 0 Å². The fourth-order valence-electron chi connectivity index (χ4n) is 2.00. The lowest BCUT2D eigenvalue weighted by molar-refractivity contribution is 0.307. The van der Waals surface area contributed by atoms with Crippen LogP contribution in [0.2, 0.25) is 0 Å². The maximum absolute atomic E-state index is 5.86. The Balaban J connectivity index is 1.74. The molecule has 0 aromatic heterocycles. The molecule has 3 rings (SSSR count). The maximum atomic E-state index is 5.86. The number of rotatable bonds is 5. The van der Waals surface area contributed by atoms with Crippen LogP contribution in [0.3, 0.4) is 0 Å². The second-order valence-electron chi connectivity index (χ2n) is 4.78. The minimum absolute atomic E-state index is 0.513. The molecular weight excluding hydrogens is 272 g/mol. The van der Waals surface area contributed by atoms with Crippen LogP contribution in [0.5, 0.6) is 5.75 Å². The SMILES string of the molecule is c1ccc(COc2ccccc2N=Nc2ccccc2)cc1. The van der Waals surface area contributed by atoms with Crippen molar-refractivity contribution < 1.29 is 4.74 Å². The third-order valence-electron chi connectivity index (χ3n) is 3.13. The average Bonchev–Trinajstić information content (AvgIpc) is 2.61. The molecule has 0 N–H and O–H groups in total. The normalized spacial score (nSPS) is 10.7. The Bertz CT molecular complexity index is 740. The van der Waals surface area contributed by atoms with Gasteiger partial charge in [0.05, 0.1) is 5.69 Å². The third-order valence-corrected chi connectivity index (χ3v) is 3.13. The summed E-state index contributed by atoms with van der Waals surface area (Å²) in [5, 5.41) is 8.53. The summed E-state index contributed by atoms with van der Waals surface area (Å²) < 4.78 is 5.86. The van der Waals surface area contributed by atoms with Crippen LogP contribution in [0, 0.1) is 0 Å². The van der Waals surface area contributed by atoms with Crippen LogP contribution in [0.15, 0.2) is 95.2 Å². The van der Waals surface area contributed by atoms with Crippen molar-refractivity contribution in [2.24, 2.45) is 10.2 Å². The number of nitrogens with zero attached hydrogens (tertiary/aromatic N) is 2. The van der Waals surface area contributed by atoms with Gasteiger partial charge in [-0.2, -0.15) is 5.11 Å². The Morgan fingerprint density at radius 3 is 2.05 bits per heavy atom. The minimum atomic E-state index is 0.513. The minimum Gasteiger partial charge on any atom is -0.487 e. The van der Waals surface area contributed by atoms with Gasteiger partial charge in [0.25, 0.3) is 0 Å². The van der Waals surface area contributed by atoms with Crippen LogP contribution in [0.25, 0.3) is 0 Å². The highest BCUT2D eigenvalue weighted by molar-refractivity contribution is 5.51. The monoisotopic (exact) mass is 288 g/mol. The second-order valence-corrected chi connectivity index (χ2v) is 4.78. The topological polar surface area (TPSA) is 34.0 Å². The molecule has 0 atom stereocenters. The molecular formula is C19H16N2O. The quantitative estimate of drug-likeness (QED) is 0.556. The molecule has 0 radical (unpaired) electrons. The van der Waals surface area contributed by atoms with E-state index in [1.807, 2.05) is 84.9 Å². The molecule has 0 heterocycles. The number of hydrogen-bond donors (Lipinski definition) is 0. The van der Waals surface area contributed by atoms with Crippen molar-refractivity contribution in [3.8, 4) is 5.75 Å². The Hall–Kier alpha value is -2.94. The van der Waals surface area contributed by atoms with Gasteiger partial charge in [0.2, 0.25) is 0 Å². The van der Waals surface area contributed by atoms with Crippen molar-refractivity contribution in [1.82, 2.24) is 0 Å². The molecule has 108 valence electrons. The van der Waals surface area contributed by atoms with Crippen molar-refractivity contribution in [2.45, 2.75) is 6.61 Å². The van der Waals surface area contributed by atoms with Gasteiger partial charge in [-0.05, 0) is 29.8 Å². The highest BCUT2D eigenvalue weighted by atomic mass is 16.5. The second kappa shape index (κ2) is 7.18. The van der Waals surface area contributed by atoms with Gasteiger partial charge in [0.1, 0.15) is 18.0 Å². The molecule has 0 bridgehead atoms. The van der Waals surface area contributed by atoms with E-state index in [0.29, 0.717) is 6.61 Å². The van der Waals surface area contributed by atoms with E-state index in [1.54, 1.807) is 0 Å². The first-order chi connectivity index (χ1) is 10.9. The fraction of sp³-hybridized carbons (Fsp3) is 0.0526. The van der Waals surface area contributed by atoms with E-state index in [0.717, 1.165) is 22.7 Å². The first-order valence-corrected chi connectivity index (χ1v) is 7.14. The Morgan fingerprint density at radius 2 is 1.27 bits per heavy atom. The lowest BCUT2D eigenvalue weighted by atomic mass is 10.2. The molecule has 0 saturated heterocycles. The van der Waals surface area contributed by atoms with Crippen molar-refractivity contribution in [3.05, 3.63) is 90.5 Å². The van der Waals surface area contributed by atoms with E-state index in [9.17, 15) is 0 Å². The number of benzene rings is 3. The van der Waals surface area contributed by atoms with Crippen LogP contribution in [0.1, 0.15) is 5.56 Å². The zero-order valence-electron chi connectivity index (χ0n) is 12.1. The first-order valence-electron chi connectivity index (χ1n) is 7.14. The fourth-order valence-corrected chi connectivity index (χ4v) is 2.00. The number of para-hydroxylation sites is 1. The van der Waals surface area contributed by atoms with Crippen molar-refractivity contribution in [3.63, 3.8) is 0 Å². The van der Waals surface area contributed by atoms with Gasteiger partial charge in [-0.1, -0.05) is 60.7 Å². The molecule has 3 aromatic carbocycles. The van der Waals surface area contributed by atoms with E-state index in [2.05, 4.69) is 10.2 Å². The molecule has 3 aromatic rings. The van der Waals surface area contributed by atoms with Crippen LogP contribution < -0.4 is 4.74 Å². The summed E-state index contributed by atoms with van der Waals surface area (Å²) >= 11 is 0. The standard InChI is InChI=1S/C19H16N2O/c1-3-9-16(10-4-1)15-22-19-14-8-7-13-18(19)21-20-17-11-5-2-6-12-17/h1-14H,15H2. The molecule has 3 nitrogen and oxygen atoms in total. The predicted octanol–water partition coefficient (Wildman–Crippen LogP) is 5.68. The summed E-state index contributed by atoms with van der Waals surface area (Å²) in [7, 11) is 0. The molecule has 0 aliphatic rings. The summed E-state index contributed by atoms with van der Waals surface area (Å²) in [5.41, 5.74) is 2.67. The summed E-state index contributed by atoms with van der Waals surface area (Å²) in [6.07, 6.45) is 0. The number of hydrogen-bond acceptors (Lipinski definition) is 3. The van der Waals surface area contributed by atoms with Gasteiger partial charge < -0.3 is 4.74 Å². The largest absolute Gasteiger partial charge is 0.487 e. The lowest BCUT2D eigenvalue weighted by Gasteiger charge is -2.08. The lowest BCUT2D eigenvalue weighted by Crippen LogP contribution is -1.94. The van der Waals surface area contributed by atoms with Crippen LogP contribution in [0.4, 0.5) is 11.4 Å². The molecule has 0 fully saturated rings. The van der Waals surface area contributed by atoms with Gasteiger partial charge >= 0.3 is 0 Å². The van der Waals surface area contributed by atoms with Crippen LogP contribution in [-0.2, 0) is 6.61 Å². The zero-order valence-corrected chi connectivity index (χ0v) is 12.1. The molecule has 0 amide bonds. The Kier molecular flexibility index (Phi) is 4.57. The van der Waals surface area contributed by atoms with E-state index < -0.39 is 0 Å². The molecule has 3 heteroatoms. The molecule has 0 spiro atoms. The predicted molar refractivity (Wildman–Crippen MR) is 87.8 cm³/mol. The average molecular weight is 288 g/mol. The van der Waals surface area contributed by atoms with Gasteiger partial charge in [0, 0.05) is 0 Å². The molecule has 0 aliphatic carbocycles.